The van der Waals surface area contributed by atoms with E-state index in [1.165, 1.54) is 12.3 Å². The van der Waals surface area contributed by atoms with E-state index in [9.17, 15) is 18.0 Å². The summed E-state index contributed by atoms with van der Waals surface area (Å²) in [5, 5.41) is 1.69. The molecule has 0 unspecified atom stereocenters. The summed E-state index contributed by atoms with van der Waals surface area (Å²) in [6, 6.07) is 12.8. The summed E-state index contributed by atoms with van der Waals surface area (Å²) < 4.78 is 32.4. The van der Waals surface area contributed by atoms with Crippen molar-refractivity contribution in [2.75, 3.05) is 30.9 Å². The van der Waals surface area contributed by atoms with E-state index < -0.39 is 10.0 Å². The highest BCUT2D eigenvalue weighted by molar-refractivity contribution is 7.94. The van der Waals surface area contributed by atoms with Crippen molar-refractivity contribution in [1.29, 1.82) is 0 Å². The van der Waals surface area contributed by atoms with Crippen molar-refractivity contribution in [3.8, 4) is 0 Å². The van der Waals surface area contributed by atoms with E-state index in [0.717, 1.165) is 11.3 Å². The number of benzene rings is 1. The van der Waals surface area contributed by atoms with Crippen LogP contribution in [-0.2, 0) is 10.0 Å². The zero-order valence-electron chi connectivity index (χ0n) is 15.9. The quantitative estimate of drug-likeness (QED) is 0.651. The third-order valence-electron chi connectivity index (χ3n) is 4.73. The average molecular weight is 446 g/mol. The SMILES string of the molecule is O=C(c1ccc(NS(=O)(=O)c2cccs2)cc1)N1CCN(C(=O)c2ccco2)CC1. The maximum Gasteiger partial charge on any atom is 0.289 e. The summed E-state index contributed by atoms with van der Waals surface area (Å²) in [6.07, 6.45) is 1.46. The molecule has 156 valence electrons. The van der Waals surface area contributed by atoms with Crippen LogP contribution in [0.5, 0.6) is 0 Å². The second-order valence-electron chi connectivity index (χ2n) is 6.68. The number of piperazine rings is 1. The number of rotatable bonds is 5. The Labute approximate surface area is 177 Å². The van der Waals surface area contributed by atoms with Crippen LogP contribution in [0.4, 0.5) is 5.69 Å². The Kier molecular flexibility index (Phi) is 5.60. The van der Waals surface area contributed by atoms with Crippen LogP contribution in [0.15, 0.2) is 68.8 Å². The first kappa shape index (κ1) is 20.2. The van der Waals surface area contributed by atoms with Crippen molar-refractivity contribution in [2.45, 2.75) is 4.21 Å². The van der Waals surface area contributed by atoms with Crippen LogP contribution in [0.25, 0.3) is 0 Å². The lowest BCUT2D eigenvalue weighted by molar-refractivity contribution is 0.0518. The number of sulfonamides is 1. The van der Waals surface area contributed by atoms with Gasteiger partial charge in [-0.15, -0.1) is 11.3 Å². The molecular weight excluding hydrogens is 426 g/mol. The van der Waals surface area contributed by atoms with Crippen molar-refractivity contribution >= 4 is 38.9 Å². The van der Waals surface area contributed by atoms with E-state index in [4.69, 9.17) is 4.42 Å². The van der Waals surface area contributed by atoms with Gasteiger partial charge in [-0.2, -0.15) is 0 Å². The van der Waals surface area contributed by atoms with Crippen molar-refractivity contribution in [3.05, 3.63) is 71.5 Å². The molecule has 0 radical (unpaired) electrons. The molecule has 1 fully saturated rings. The summed E-state index contributed by atoms with van der Waals surface area (Å²) in [7, 11) is -3.63. The van der Waals surface area contributed by atoms with Gasteiger partial charge in [-0.3, -0.25) is 14.3 Å². The van der Waals surface area contributed by atoms with Crippen molar-refractivity contribution < 1.29 is 22.4 Å². The summed E-state index contributed by atoms with van der Waals surface area (Å²) in [4.78, 5) is 28.4. The van der Waals surface area contributed by atoms with E-state index in [2.05, 4.69) is 4.72 Å². The van der Waals surface area contributed by atoms with Crippen molar-refractivity contribution in [3.63, 3.8) is 0 Å². The molecule has 2 aromatic heterocycles. The molecule has 1 aliphatic rings. The molecule has 2 amide bonds. The highest BCUT2D eigenvalue weighted by atomic mass is 32.2. The Bertz CT molecular complexity index is 1120. The van der Waals surface area contributed by atoms with E-state index in [1.807, 2.05) is 0 Å². The van der Waals surface area contributed by atoms with Gasteiger partial charge in [0.2, 0.25) is 0 Å². The number of nitrogens with zero attached hydrogens (tertiary/aromatic N) is 2. The van der Waals surface area contributed by atoms with Crippen LogP contribution >= 0.6 is 11.3 Å². The minimum absolute atomic E-state index is 0.159. The van der Waals surface area contributed by atoms with Crippen LogP contribution in [0.1, 0.15) is 20.9 Å². The van der Waals surface area contributed by atoms with Crippen LogP contribution in [0, 0.1) is 0 Å². The maximum absolute atomic E-state index is 12.8. The molecule has 8 nitrogen and oxygen atoms in total. The normalized spacial score (nSPS) is 14.5. The van der Waals surface area contributed by atoms with E-state index in [1.54, 1.807) is 57.6 Å². The van der Waals surface area contributed by atoms with Gasteiger partial charge in [-0.25, -0.2) is 8.42 Å². The molecule has 30 heavy (non-hydrogen) atoms. The zero-order chi connectivity index (χ0) is 21.1. The Balaban J connectivity index is 1.36. The van der Waals surface area contributed by atoms with Crippen molar-refractivity contribution in [1.82, 2.24) is 9.80 Å². The fraction of sp³-hybridized carbons (Fsp3) is 0.200. The average Bonchev–Trinajstić information content (AvgIpc) is 3.48. The molecule has 3 aromatic rings. The topological polar surface area (TPSA) is 99.9 Å². The fourth-order valence-electron chi connectivity index (χ4n) is 3.15. The first-order chi connectivity index (χ1) is 14.4. The molecule has 4 rings (SSSR count). The van der Waals surface area contributed by atoms with Gasteiger partial charge >= 0.3 is 0 Å². The van der Waals surface area contributed by atoms with Gasteiger partial charge in [0.25, 0.3) is 21.8 Å². The van der Waals surface area contributed by atoms with Crippen molar-refractivity contribution in [2.24, 2.45) is 0 Å². The smallest absolute Gasteiger partial charge is 0.289 e. The Morgan fingerprint density at radius 1 is 0.900 bits per heavy atom. The third kappa shape index (κ3) is 4.24. The number of furan rings is 1. The number of hydrogen-bond acceptors (Lipinski definition) is 6. The van der Waals surface area contributed by atoms with Gasteiger partial charge < -0.3 is 14.2 Å². The standard InChI is InChI=1S/C20H19N3O5S2/c24-19(22-9-11-23(12-10-22)20(25)17-3-1-13-28-17)15-5-7-16(8-6-15)21-30(26,27)18-4-2-14-29-18/h1-8,13-14,21H,9-12H2. The molecule has 0 spiro atoms. The predicted molar refractivity (Wildman–Crippen MR) is 112 cm³/mol. The molecule has 0 atom stereocenters. The minimum Gasteiger partial charge on any atom is -0.459 e. The second kappa shape index (κ2) is 8.33. The third-order valence-corrected chi connectivity index (χ3v) is 7.51. The Morgan fingerprint density at radius 2 is 1.57 bits per heavy atom. The molecule has 0 saturated carbocycles. The number of carbonyl (C=O) groups is 2. The maximum atomic E-state index is 12.8. The lowest BCUT2D eigenvalue weighted by atomic mass is 10.1. The Hall–Kier alpha value is -3.11. The number of nitrogens with one attached hydrogen (secondary N) is 1. The summed E-state index contributed by atoms with van der Waals surface area (Å²) >= 11 is 1.13. The van der Waals surface area contributed by atoms with E-state index >= 15 is 0 Å². The minimum atomic E-state index is -3.63. The van der Waals surface area contributed by atoms with Gasteiger partial charge in [0.15, 0.2) is 5.76 Å². The molecule has 10 heteroatoms. The number of hydrogen-bond donors (Lipinski definition) is 1. The van der Waals surface area contributed by atoms with E-state index in [0.29, 0.717) is 37.4 Å². The van der Waals surface area contributed by atoms with Gasteiger partial charge in [-0.05, 0) is 47.8 Å². The number of amides is 2. The summed E-state index contributed by atoms with van der Waals surface area (Å²) in [6.45, 7) is 1.67. The van der Waals surface area contributed by atoms with Gasteiger partial charge in [0.05, 0.1) is 6.26 Å². The molecule has 1 saturated heterocycles. The largest absolute Gasteiger partial charge is 0.459 e. The van der Waals surface area contributed by atoms with Gasteiger partial charge in [-0.1, -0.05) is 6.07 Å². The van der Waals surface area contributed by atoms with Crippen LogP contribution in [0.3, 0.4) is 0 Å². The number of anilines is 1. The molecule has 1 aromatic carbocycles. The number of thiophene rings is 1. The molecule has 1 N–H and O–H groups in total. The molecule has 0 aliphatic carbocycles. The highest BCUT2D eigenvalue weighted by Crippen LogP contribution is 2.21. The van der Waals surface area contributed by atoms with Gasteiger partial charge in [0.1, 0.15) is 4.21 Å². The van der Waals surface area contributed by atoms with Crippen LogP contribution in [-0.4, -0.2) is 56.2 Å². The molecular formula is C20H19N3O5S2. The fourth-order valence-corrected chi connectivity index (χ4v) is 5.21. The summed E-state index contributed by atoms with van der Waals surface area (Å²) in [5.74, 6) is -0.0578. The first-order valence-electron chi connectivity index (χ1n) is 9.22. The number of carbonyl (C=O) groups excluding carboxylic acids is 2. The lowest BCUT2D eigenvalue weighted by Crippen LogP contribution is -2.50. The molecule has 0 bridgehead atoms. The molecule has 1 aliphatic heterocycles. The van der Waals surface area contributed by atoms with Crippen LogP contribution in [0.2, 0.25) is 0 Å². The Morgan fingerprint density at radius 3 is 2.13 bits per heavy atom. The highest BCUT2D eigenvalue weighted by Gasteiger charge is 2.26. The monoisotopic (exact) mass is 445 g/mol. The lowest BCUT2D eigenvalue weighted by Gasteiger charge is -2.34. The molecule has 3 heterocycles. The van der Waals surface area contributed by atoms with Crippen LogP contribution < -0.4 is 4.72 Å². The second-order valence-corrected chi connectivity index (χ2v) is 9.53. The first-order valence-corrected chi connectivity index (χ1v) is 11.6. The van der Waals surface area contributed by atoms with E-state index in [-0.39, 0.29) is 21.8 Å². The predicted octanol–water partition coefficient (Wildman–Crippen LogP) is 2.74. The summed E-state index contributed by atoms with van der Waals surface area (Å²) in [5.41, 5.74) is 0.841. The zero-order valence-corrected chi connectivity index (χ0v) is 17.5. The van der Waals surface area contributed by atoms with Gasteiger partial charge in [0, 0.05) is 37.4 Å².